The Morgan fingerprint density at radius 1 is 1.16 bits per heavy atom. The number of carboxylic acids is 1. The Labute approximate surface area is 192 Å². The van der Waals surface area contributed by atoms with Gasteiger partial charge in [0.05, 0.1) is 12.4 Å². The number of aryl methyl sites for hydroxylation is 1. The number of ether oxygens (including phenoxy) is 1. The minimum Gasteiger partial charge on any atom is -0.479 e. The third-order valence-corrected chi connectivity index (χ3v) is 5.20. The summed E-state index contributed by atoms with van der Waals surface area (Å²) in [6.45, 7) is 5.68. The molecule has 1 unspecified atom stereocenters. The Morgan fingerprint density at radius 2 is 1.94 bits per heavy atom. The van der Waals surface area contributed by atoms with E-state index >= 15 is 0 Å². The second-order valence-electron chi connectivity index (χ2n) is 7.83. The minimum absolute atomic E-state index is 0.208. The molecule has 168 valence electrons. The standard InChI is InChI=1S/C25H26ClNO5/c1-15(2)32-23(25(29)30)13-17-6-8-21(22-5-4-10-31-22)18(12-17)14-27-24(28)20-9-7-19(26)11-16(20)3/h4-12,15,23H,13-14H2,1-3H3,(H,27,28)(H,29,30). The number of rotatable bonds is 9. The summed E-state index contributed by atoms with van der Waals surface area (Å²) in [6.07, 6.45) is 0.631. The van der Waals surface area contributed by atoms with Crippen molar-refractivity contribution in [2.24, 2.45) is 0 Å². The molecule has 0 aliphatic heterocycles. The first kappa shape index (κ1) is 23.6. The molecule has 1 aromatic heterocycles. The number of halogens is 1. The lowest BCUT2D eigenvalue weighted by atomic mass is 9.98. The lowest BCUT2D eigenvalue weighted by Gasteiger charge is -2.18. The molecule has 0 bridgehead atoms. The molecule has 0 aliphatic rings. The average Bonchev–Trinajstić information content (AvgIpc) is 3.26. The SMILES string of the molecule is Cc1cc(Cl)ccc1C(=O)NCc1cc(CC(OC(C)C)C(=O)O)ccc1-c1ccco1. The molecule has 6 nitrogen and oxygen atoms in total. The van der Waals surface area contributed by atoms with Gasteiger partial charge in [-0.15, -0.1) is 0 Å². The summed E-state index contributed by atoms with van der Waals surface area (Å²) in [7, 11) is 0. The predicted octanol–water partition coefficient (Wildman–Crippen LogP) is 5.26. The number of aliphatic carboxylic acids is 1. The predicted molar refractivity (Wildman–Crippen MR) is 123 cm³/mol. The minimum atomic E-state index is -1.01. The summed E-state index contributed by atoms with van der Waals surface area (Å²) in [5, 5.41) is 13.0. The van der Waals surface area contributed by atoms with Crippen LogP contribution in [-0.2, 0) is 22.5 Å². The highest BCUT2D eigenvalue weighted by Gasteiger charge is 2.21. The lowest BCUT2D eigenvalue weighted by molar-refractivity contribution is -0.153. The normalized spacial score (nSPS) is 12.0. The first-order valence-electron chi connectivity index (χ1n) is 10.3. The van der Waals surface area contributed by atoms with Crippen LogP contribution in [-0.4, -0.2) is 29.2 Å². The maximum absolute atomic E-state index is 12.7. The zero-order valence-corrected chi connectivity index (χ0v) is 19.0. The number of amides is 1. The maximum atomic E-state index is 12.7. The molecule has 0 aliphatic carbocycles. The van der Waals surface area contributed by atoms with Crippen molar-refractivity contribution in [2.75, 3.05) is 0 Å². The van der Waals surface area contributed by atoms with Gasteiger partial charge in [0.1, 0.15) is 5.76 Å². The van der Waals surface area contributed by atoms with Crippen LogP contribution in [0.3, 0.4) is 0 Å². The highest BCUT2D eigenvalue weighted by atomic mass is 35.5. The van der Waals surface area contributed by atoms with E-state index in [0.29, 0.717) is 16.3 Å². The fraction of sp³-hybridized carbons (Fsp3) is 0.280. The number of carbonyl (C=O) groups is 2. The third-order valence-electron chi connectivity index (χ3n) is 4.96. The monoisotopic (exact) mass is 455 g/mol. The van der Waals surface area contributed by atoms with Gasteiger partial charge in [0.15, 0.2) is 6.10 Å². The summed E-state index contributed by atoms with van der Waals surface area (Å²) in [6, 6.07) is 14.4. The second-order valence-corrected chi connectivity index (χ2v) is 8.26. The van der Waals surface area contributed by atoms with Crippen LogP contribution in [0.25, 0.3) is 11.3 Å². The number of nitrogens with one attached hydrogen (secondary N) is 1. The Kier molecular flexibility index (Phi) is 7.72. The Bertz CT molecular complexity index is 1090. The van der Waals surface area contributed by atoms with Gasteiger partial charge in [-0.05, 0) is 67.8 Å². The quantitative estimate of drug-likeness (QED) is 0.459. The summed E-state index contributed by atoms with van der Waals surface area (Å²) in [5.74, 6) is -0.569. The van der Waals surface area contributed by atoms with Crippen molar-refractivity contribution in [2.45, 2.75) is 45.9 Å². The molecule has 3 aromatic rings. The van der Waals surface area contributed by atoms with Crippen LogP contribution >= 0.6 is 11.6 Å². The molecule has 3 rings (SSSR count). The number of carbonyl (C=O) groups excluding carboxylic acids is 1. The summed E-state index contributed by atoms with van der Waals surface area (Å²) >= 11 is 5.99. The average molecular weight is 456 g/mol. The summed E-state index contributed by atoms with van der Waals surface area (Å²) in [4.78, 5) is 24.3. The van der Waals surface area contributed by atoms with Gasteiger partial charge in [-0.1, -0.05) is 29.8 Å². The van der Waals surface area contributed by atoms with Crippen molar-refractivity contribution in [1.29, 1.82) is 0 Å². The highest BCUT2D eigenvalue weighted by Crippen LogP contribution is 2.26. The van der Waals surface area contributed by atoms with Crippen LogP contribution in [0, 0.1) is 6.92 Å². The van der Waals surface area contributed by atoms with Crippen molar-refractivity contribution in [3.05, 3.63) is 82.1 Å². The fourth-order valence-electron chi connectivity index (χ4n) is 3.48. The van der Waals surface area contributed by atoms with Gasteiger partial charge < -0.3 is 19.6 Å². The van der Waals surface area contributed by atoms with Crippen LogP contribution in [0.1, 0.15) is 40.9 Å². The van der Waals surface area contributed by atoms with E-state index in [4.69, 9.17) is 20.8 Å². The molecule has 1 amide bonds. The molecular weight excluding hydrogens is 430 g/mol. The number of benzene rings is 2. The van der Waals surface area contributed by atoms with E-state index in [1.807, 2.05) is 31.2 Å². The largest absolute Gasteiger partial charge is 0.479 e. The molecule has 2 aromatic carbocycles. The highest BCUT2D eigenvalue weighted by molar-refractivity contribution is 6.30. The zero-order valence-electron chi connectivity index (χ0n) is 18.2. The molecule has 0 fully saturated rings. The number of hydrogen-bond donors (Lipinski definition) is 2. The number of hydrogen-bond acceptors (Lipinski definition) is 4. The van der Waals surface area contributed by atoms with Gasteiger partial charge in [-0.25, -0.2) is 4.79 Å². The number of carboxylic acid groups (broad SMARTS) is 1. The van der Waals surface area contributed by atoms with Crippen LogP contribution in [0.4, 0.5) is 0 Å². The molecule has 0 saturated heterocycles. The Balaban J connectivity index is 1.85. The summed E-state index contributed by atoms with van der Waals surface area (Å²) < 4.78 is 11.1. The third kappa shape index (κ3) is 5.99. The molecule has 2 N–H and O–H groups in total. The smallest absolute Gasteiger partial charge is 0.333 e. The first-order valence-corrected chi connectivity index (χ1v) is 10.7. The Hall–Kier alpha value is -3.09. The van der Waals surface area contributed by atoms with Gasteiger partial charge in [0, 0.05) is 29.1 Å². The van der Waals surface area contributed by atoms with Crippen LogP contribution < -0.4 is 5.32 Å². The van der Waals surface area contributed by atoms with E-state index in [9.17, 15) is 14.7 Å². The molecule has 7 heteroatoms. The van der Waals surface area contributed by atoms with Crippen molar-refractivity contribution in [1.82, 2.24) is 5.32 Å². The van der Waals surface area contributed by atoms with Crippen LogP contribution in [0.5, 0.6) is 0 Å². The van der Waals surface area contributed by atoms with E-state index in [-0.39, 0.29) is 25.0 Å². The van der Waals surface area contributed by atoms with E-state index in [1.54, 1.807) is 44.4 Å². The molecule has 0 radical (unpaired) electrons. The first-order chi connectivity index (χ1) is 15.2. The molecule has 32 heavy (non-hydrogen) atoms. The molecule has 0 saturated carbocycles. The zero-order chi connectivity index (χ0) is 23.3. The van der Waals surface area contributed by atoms with E-state index in [2.05, 4.69) is 5.32 Å². The summed E-state index contributed by atoms with van der Waals surface area (Å²) in [5.41, 5.74) is 3.75. The van der Waals surface area contributed by atoms with Gasteiger partial charge in [-0.3, -0.25) is 4.79 Å². The van der Waals surface area contributed by atoms with Crippen molar-refractivity contribution < 1.29 is 23.8 Å². The van der Waals surface area contributed by atoms with Gasteiger partial charge >= 0.3 is 5.97 Å². The van der Waals surface area contributed by atoms with Crippen molar-refractivity contribution >= 4 is 23.5 Å². The molecule has 1 heterocycles. The van der Waals surface area contributed by atoms with Gasteiger partial charge in [0.2, 0.25) is 0 Å². The van der Waals surface area contributed by atoms with Gasteiger partial charge in [0.25, 0.3) is 5.91 Å². The Morgan fingerprint density at radius 3 is 2.56 bits per heavy atom. The topological polar surface area (TPSA) is 88.8 Å². The van der Waals surface area contributed by atoms with Crippen LogP contribution in [0.2, 0.25) is 5.02 Å². The fourth-order valence-corrected chi connectivity index (χ4v) is 3.71. The maximum Gasteiger partial charge on any atom is 0.333 e. The molecule has 1 atom stereocenters. The number of furan rings is 1. The van der Waals surface area contributed by atoms with Crippen molar-refractivity contribution in [3.8, 4) is 11.3 Å². The lowest BCUT2D eigenvalue weighted by Crippen LogP contribution is -2.29. The second kappa shape index (κ2) is 10.5. The van der Waals surface area contributed by atoms with Crippen molar-refractivity contribution in [3.63, 3.8) is 0 Å². The molecule has 0 spiro atoms. The molecular formula is C25H26ClNO5. The van der Waals surface area contributed by atoms with Crippen LogP contribution in [0.15, 0.2) is 59.2 Å². The van der Waals surface area contributed by atoms with E-state index in [1.165, 1.54) is 0 Å². The van der Waals surface area contributed by atoms with E-state index in [0.717, 1.165) is 22.3 Å². The van der Waals surface area contributed by atoms with Gasteiger partial charge in [-0.2, -0.15) is 0 Å². The van der Waals surface area contributed by atoms with E-state index < -0.39 is 12.1 Å².